The molecule has 2 N–H and O–H groups in total. The minimum atomic E-state index is -0.885. The molecule has 1 aromatic carbocycles. The Morgan fingerprint density at radius 3 is 2.91 bits per heavy atom. The SMILES string of the molecule is Oc1cc(Cl)c(C2CC2)c(-c2nc3c4c(nc(OC[C@@]56CCCN5C[C@H](F)C6)nc4c2F)N2C[C@H]4CCC(N4)[C@H]2CO3)c1. The number of hydrogen-bond acceptors (Lipinski definition) is 9. The molecule has 1 unspecified atom stereocenters. The molecule has 12 heteroatoms. The molecule has 9 rings (SSSR count). The average molecular weight is 611 g/mol. The van der Waals surface area contributed by atoms with E-state index in [1.807, 2.05) is 0 Å². The normalized spacial score (nSPS) is 31.2. The summed E-state index contributed by atoms with van der Waals surface area (Å²) in [4.78, 5) is 18.7. The first kappa shape index (κ1) is 26.4. The minimum Gasteiger partial charge on any atom is -0.508 e. The van der Waals surface area contributed by atoms with Crippen molar-refractivity contribution in [1.29, 1.82) is 0 Å². The van der Waals surface area contributed by atoms with E-state index in [0.717, 1.165) is 50.6 Å². The van der Waals surface area contributed by atoms with Crippen molar-refractivity contribution in [2.24, 2.45) is 0 Å². The summed E-state index contributed by atoms with van der Waals surface area (Å²) in [5.41, 5.74) is 0.920. The zero-order valence-corrected chi connectivity index (χ0v) is 24.4. The Morgan fingerprint density at radius 2 is 2.05 bits per heavy atom. The summed E-state index contributed by atoms with van der Waals surface area (Å²) >= 11 is 6.60. The minimum absolute atomic E-state index is 0.0197. The van der Waals surface area contributed by atoms with Crippen LogP contribution in [0.3, 0.4) is 0 Å². The van der Waals surface area contributed by atoms with Gasteiger partial charge in [-0.25, -0.2) is 13.8 Å². The van der Waals surface area contributed by atoms with E-state index in [9.17, 15) is 9.50 Å². The predicted octanol–water partition coefficient (Wildman–Crippen LogP) is 4.72. The highest BCUT2D eigenvalue weighted by atomic mass is 35.5. The van der Waals surface area contributed by atoms with Crippen LogP contribution in [0.5, 0.6) is 17.6 Å². The summed E-state index contributed by atoms with van der Waals surface area (Å²) < 4.78 is 44.0. The topological polar surface area (TPSA) is 95.9 Å². The molecule has 3 aromatic rings. The van der Waals surface area contributed by atoms with E-state index in [2.05, 4.69) is 20.1 Å². The first-order chi connectivity index (χ1) is 20.9. The van der Waals surface area contributed by atoms with Gasteiger partial charge in [0.1, 0.15) is 47.5 Å². The lowest BCUT2D eigenvalue weighted by molar-refractivity contribution is 0.107. The third-order valence-corrected chi connectivity index (χ3v) is 10.8. The molecule has 9 nitrogen and oxygen atoms in total. The van der Waals surface area contributed by atoms with Gasteiger partial charge >= 0.3 is 6.01 Å². The standard InChI is InChI=1S/C31H33ClF2N6O3/c32-20-9-18(41)8-19(23(20)15-2-3-15)26-25(34)27-24-28(40-12-17-4-5-21(35-17)22(40)13-42-29(24)36-26)38-30(37-27)43-14-31-6-1-7-39(31)11-16(33)10-31/h8-9,15-17,21-22,35,41H,1-7,10-14H2/t16-,17-,21?,22-,31+/m1/s1. The molecule has 6 aliphatic rings. The van der Waals surface area contributed by atoms with E-state index in [0.29, 0.717) is 53.9 Å². The second-order valence-electron chi connectivity index (χ2n) is 13.2. The highest BCUT2D eigenvalue weighted by molar-refractivity contribution is 6.32. The van der Waals surface area contributed by atoms with Crippen molar-refractivity contribution in [2.45, 2.75) is 80.7 Å². The second kappa shape index (κ2) is 9.49. The number of phenols is 1. The zero-order chi connectivity index (χ0) is 29.0. The van der Waals surface area contributed by atoms with Crippen molar-refractivity contribution in [3.8, 4) is 28.9 Å². The number of benzene rings is 1. The van der Waals surface area contributed by atoms with E-state index in [1.54, 1.807) is 0 Å². The van der Waals surface area contributed by atoms with Gasteiger partial charge < -0.3 is 24.8 Å². The van der Waals surface area contributed by atoms with E-state index in [1.165, 1.54) is 12.1 Å². The van der Waals surface area contributed by atoms with Crippen LogP contribution in [0.2, 0.25) is 5.02 Å². The Kier molecular flexibility index (Phi) is 5.82. The van der Waals surface area contributed by atoms with Gasteiger partial charge in [0.15, 0.2) is 5.82 Å². The van der Waals surface area contributed by atoms with Gasteiger partial charge in [-0.1, -0.05) is 11.6 Å². The van der Waals surface area contributed by atoms with Crippen LogP contribution in [0, 0.1) is 5.82 Å². The number of phenolic OH excluding ortho intramolecular Hbond substituents is 1. The van der Waals surface area contributed by atoms with Crippen LogP contribution < -0.4 is 19.7 Å². The molecule has 0 amide bonds. The number of rotatable bonds is 5. The number of fused-ring (bicyclic) bond motifs is 6. The Morgan fingerprint density at radius 1 is 1.16 bits per heavy atom. The lowest BCUT2D eigenvalue weighted by atomic mass is 9.95. The Hall–Kier alpha value is -3.02. The van der Waals surface area contributed by atoms with Gasteiger partial charge in [0.25, 0.3) is 0 Å². The van der Waals surface area contributed by atoms with Gasteiger partial charge in [-0.2, -0.15) is 9.97 Å². The largest absolute Gasteiger partial charge is 0.508 e. The molecule has 0 radical (unpaired) electrons. The summed E-state index contributed by atoms with van der Waals surface area (Å²) in [7, 11) is 0. The van der Waals surface area contributed by atoms with Crippen molar-refractivity contribution in [3.05, 3.63) is 28.5 Å². The Bertz CT molecular complexity index is 1660. The quantitative estimate of drug-likeness (QED) is 0.425. The number of aromatic hydroxyl groups is 1. The fraction of sp³-hybridized carbons (Fsp3) is 0.581. The van der Waals surface area contributed by atoms with E-state index in [4.69, 9.17) is 31.0 Å². The first-order valence-electron chi connectivity index (χ1n) is 15.5. The smallest absolute Gasteiger partial charge is 0.319 e. The van der Waals surface area contributed by atoms with Crippen molar-refractivity contribution >= 4 is 28.3 Å². The molecule has 43 heavy (non-hydrogen) atoms. The van der Waals surface area contributed by atoms with Crippen molar-refractivity contribution in [2.75, 3.05) is 37.7 Å². The molecular formula is C31H33ClF2N6O3. The van der Waals surface area contributed by atoms with Gasteiger partial charge in [0.05, 0.1) is 11.6 Å². The highest BCUT2D eigenvalue weighted by Crippen LogP contribution is 2.50. The number of nitrogens with zero attached hydrogens (tertiary/aromatic N) is 5. The van der Waals surface area contributed by atoms with Crippen molar-refractivity contribution in [3.63, 3.8) is 0 Å². The van der Waals surface area contributed by atoms with Crippen LogP contribution in [0.4, 0.5) is 14.6 Å². The molecule has 4 saturated heterocycles. The summed E-state index contributed by atoms with van der Waals surface area (Å²) in [6.07, 6.45) is 5.31. The summed E-state index contributed by atoms with van der Waals surface area (Å²) in [6.45, 7) is 2.56. The van der Waals surface area contributed by atoms with Crippen LogP contribution in [0.25, 0.3) is 22.2 Å². The molecule has 0 spiro atoms. The molecule has 7 heterocycles. The summed E-state index contributed by atoms with van der Waals surface area (Å²) in [5.74, 6) is 0.292. The number of alkyl halides is 1. The van der Waals surface area contributed by atoms with Crippen LogP contribution in [0.15, 0.2) is 12.1 Å². The maximum atomic E-state index is 16.8. The van der Waals surface area contributed by atoms with Crippen LogP contribution in [-0.2, 0) is 0 Å². The number of aromatic nitrogens is 3. The molecule has 1 saturated carbocycles. The first-order valence-corrected chi connectivity index (χ1v) is 15.9. The lowest BCUT2D eigenvalue weighted by Gasteiger charge is -2.40. The highest BCUT2D eigenvalue weighted by Gasteiger charge is 2.50. The maximum Gasteiger partial charge on any atom is 0.319 e. The molecule has 1 aliphatic carbocycles. The van der Waals surface area contributed by atoms with Gasteiger partial charge in [-0.15, -0.1) is 0 Å². The van der Waals surface area contributed by atoms with Gasteiger partial charge in [-0.3, -0.25) is 4.90 Å². The number of ether oxygens (including phenoxy) is 2. The average Bonchev–Trinajstić information content (AvgIpc) is 3.56. The van der Waals surface area contributed by atoms with Crippen LogP contribution >= 0.6 is 11.6 Å². The number of nitrogens with one attached hydrogen (secondary N) is 1. The van der Waals surface area contributed by atoms with Gasteiger partial charge in [-0.05, 0) is 68.7 Å². The summed E-state index contributed by atoms with van der Waals surface area (Å²) in [6, 6.07) is 3.57. The van der Waals surface area contributed by atoms with E-state index in [-0.39, 0.29) is 53.5 Å². The molecular weight excluding hydrogens is 578 g/mol. The molecule has 5 aliphatic heterocycles. The van der Waals surface area contributed by atoms with Crippen LogP contribution in [-0.4, -0.2) is 87.6 Å². The molecule has 5 atom stereocenters. The molecule has 226 valence electrons. The van der Waals surface area contributed by atoms with E-state index < -0.39 is 17.5 Å². The molecule has 2 aromatic heterocycles. The number of pyridine rings is 1. The monoisotopic (exact) mass is 610 g/mol. The number of hydrogen-bond donors (Lipinski definition) is 2. The fourth-order valence-electron chi connectivity index (χ4n) is 8.39. The molecule has 5 fully saturated rings. The Labute approximate surface area is 252 Å². The maximum absolute atomic E-state index is 16.8. The zero-order valence-electron chi connectivity index (χ0n) is 23.7. The fourth-order valence-corrected chi connectivity index (χ4v) is 8.76. The van der Waals surface area contributed by atoms with Crippen molar-refractivity contribution < 1.29 is 23.4 Å². The molecule has 2 bridgehead atoms. The van der Waals surface area contributed by atoms with Crippen molar-refractivity contribution in [1.82, 2.24) is 25.2 Å². The third kappa shape index (κ3) is 4.10. The number of piperazine rings is 1. The van der Waals surface area contributed by atoms with E-state index >= 15 is 4.39 Å². The summed E-state index contributed by atoms with van der Waals surface area (Å²) in [5, 5.41) is 15.0. The Balaban J connectivity index is 1.21. The number of anilines is 1. The van der Waals surface area contributed by atoms with Gasteiger partial charge in [0.2, 0.25) is 5.88 Å². The van der Waals surface area contributed by atoms with Crippen LogP contribution in [0.1, 0.15) is 56.4 Å². The third-order valence-electron chi connectivity index (χ3n) is 10.5. The lowest BCUT2D eigenvalue weighted by Crippen LogP contribution is -2.60. The second-order valence-corrected chi connectivity index (χ2v) is 13.6. The van der Waals surface area contributed by atoms with Gasteiger partial charge in [0, 0.05) is 42.2 Å². The number of halogens is 3. The predicted molar refractivity (Wildman–Crippen MR) is 156 cm³/mol.